The minimum absolute atomic E-state index is 0.733. The first kappa shape index (κ1) is 5.28. The predicted molar refractivity (Wildman–Crippen MR) is 31.2 cm³/mol. The first-order chi connectivity index (χ1) is 3.93. The zero-order chi connectivity index (χ0) is 5.82. The maximum Gasteiger partial charge on any atom is 0.0819 e. The van der Waals surface area contributed by atoms with E-state index in [9.17, 15) is 0 Å². The Kier molecular flexibility index (Phi) is 1.62. The Morgan fingerprint density at radius 2 is 2.62 bits per heavy atom. The van der Waals surface area contributed by atoms with Crippen molar-refractivity contribution in [1.82, 2.24) is 5.01 Å². The summed E-state index contributed by atoms with van der Waals surface area (Å²) in [5, 5.41) is 9.41. The highest BCUT2D eigenvalue weighted by molar-refractivity contribution is 4.84. The molecule has 0 saturated carbocycles. The molecule has 44 valence electrons. The maximum absolute atomic E-state index is 3.82. The quantitative estimate of drug-likeness (QED) is 0.499. The molecule has 0 aromatic rings. The molecule has 8 heavy (non-hydrogen) atoms. The van der Waals surface area contributed by atoms with Gasteiger partial charge < -0.3 is 0 Å². The predicted octanol–water partition coefficient (Wildman–Crippen LogP) is 1.20. The van der Waals surface area contributed by atoms with Crippen LogP contribution in [0.4, 0.5) is 0 Å². The highest BCUT2D eigenvalue weighted by Gasteiger charge is 1.92. The minimum atomic E-state index is 0.733. The zero-order valence-electron chi connectivity index (χ0n) is 4.91. The van der Waals surface area contributed by atoms with Crippen LogP contribution in [-0.4, -0.2) is 18.1 Å². The monoisotopic (exact) mass is 111 g/mol. The van der Waals surface area contributed by atoms with Gasteiger partial charge in [-0.15, -0.1) is 0 Å². The summed E-state index contributed by atoms with van der Waals surface area (Å²) >= 11 is 0. The molecular weight excluding hydrogens is 102 g/mol. The van der Waals surface area contributed by atoms with E-state index in [2.05, 4.69) is 10.3 Å². The lowest BCUT2D eigenvalue weighted by Crippen LogP contribution is -2.09. The van der Waals surface area contributed by atoms with Gasteiger partial charge in [-0.25, -0.2) is 0 Å². The van der Waals surface area contributed by atoms with Crippen molar-refractivity contribution < 1.29 is 0 Å². The smallest absolute Gasteiger partial charge is 0.0819 e. The second-order valence-corrected chi connectivity index (χ2v) is 1.55. The van der Waals surface area contributed by atoms with Crippen molar-refractivity contribution in [3.63, 3.8) is 0 Å². The van der Waals surface area contributed by atoms with Crippen molar-refractivity contribution in [2.75, 3.05) is 13.1 Å². The zero-order valence-corrected chi connectivity index (χ0v) is 4.91. The molecule has 1 aliphatic heterocycles. The summed E-state index contributed by atoms with van der Waals surface area (Å²) in [5.41, 5.74) is 0. The van der Waals surface area contributed by atoms with Crippen LogP contribution >= 0.6 is 0 Å². The van der Waals surface area contributed by atoms with Crippen LogP contribution < -0.4 is 0 Å². The van der Waals surface area contributed by atoms with Gasteiger partial charge in [0.2, 0.25) is 0 Å². The number of nitrogens with zero attached hydrogens (tertiary/aromatic N) is 3. The standard InChI is InChI=1S/C5H9N3/c1-2-8-5-3-4-6-7-8/h3,5H,2,4H2,1H3. The van der Waals surface area contributed by atoms with Gasteiger partial charge in [0.1, 0.15) is 0 Å². The Morgan fingerprint density at radius 3 is 3.00 bits per heavy atom. The summed E-state index contributed by atoms with van der Waals surface area (Å²) in [4.78, 5) is 0. The van der Waals surface area contributed by atoms with Crippen LogP contribution in [0.3, 0.4) is 0 Å². The van der Waals surface area contributed by atoms with Crippen LogP contribution in [0, 0.1) is 0 Å². The van der Waals surface area contributed by atoms with E-state index in [1.165, 1.54) is 0 Å². The fourth-order valence-corrected chi connectivity index (χ4v) is 0.532. The molecule has 0 N–H and O–H groups in total. The van der Waals surface area contributed by atoms with Gasteiger partial charge in [0.25, 0.3) is 0 Å². The lowest BCUT2D eigenvalue weighted by atomic mass is 10.6. The molecule has 0 amide bonds. The lowest BCUT2D eigenvalue weighted by molar-refractivity contribution is 0.378. The average molecular weight is 111 g/mol. The molecule has 1 aliphatic rings. The van der Waals surface area contributed by atoms with E-state index in [1.807, 2.05) is 19.2 Å². The molecule has 0 unspecified atom stereocenters. The molecule has 3 nitrogen and oxygen atoms in total. The fraction of sp³-hybridized carbons (Fsp3) is 0.600. The molecule has 0 fully saturated rings. The Labute approximate surface area is 48.7 Å². The molecular formula is C5H9N3. The van der Waals surface area contributed by atoms with Crippen LogP contribution in [0.2, 0.25) is 0 Å². The highest BCUT2D eigenvalue weighted by atomic mass is 15.5. The van der Waals surface area contributed by atoms with Gasteiger partial charge in [-0.3, -0.25) is 5.01 Å². The molecule has 0 bridgehead atoms. The van der Waals surface area contributed by atoms with E-state index in [-0.39, 0.29) is 0 Å². The third-order valence-corrected chi connectivity index (χ3v) is 0.967. The Balaban J connectivity index is 2.42. The minimum Gasteiger partial charge on any atom is -0.255 e. The van der Waals surface area contributed by atoms with Crippen LogP contribution in [0.15, 0.2) is 22.6 Å². The van der Waals surface area contributed by atoms with Crippen molar-refractivity contribution in [1.29, 1.82) is 0 Å². The van der Waals surface area contributed by atoms with Crippen molar-refractivity contribution in [3.05, 3.63) is 12.3 Å². The third kappa shape index (κ3) is 1.05. The van der Waals surface area contributed by atoms with Crippen LogP contribution in [0.1, 0.15) is 6.92 Å². The van der Waals surface area contributed by atoms with Crippen molar-refractivity contribution in [2.45, 2.75) is 6.92 Å². The molecule has 0 radical (unpaired) electrons. The molecule has 0 aromatic heterocycles. The second kappa shape index (κ2) is 2.45. The lowest BCUT2D eigenvalue weighted by Gasteiger charge is -2.10. The van der Waals surface area contributed by atoms with Crippen LogP contribution in [-0.2, 0) is 0 Å². The summed E-state index contributed by atoms with van der Waals surface area (Å²) in [6.45, 7) is 3.67. The van der Waals surface area contributed by atoms with Crippen LogP contribution in [0.5, 0.6) is 0 Å². The van der Waals surface area contributed by atoms with Crippen molar-refractivity contribution >= 4 is 0 Å². The van der Waals surface area contributed by atoms with E-state index >= 15 is 0 Å². The molecule has 0 saturated heterocycles. The SMILES string of the molecule is CCN1C=CCN=N1. The summed E-state index contributed by atoms with van der Waals surface area (Å²) in [5.74, 6) is 0. The molecule has 0 atom stereocenters. The Hall–Kier alpha value is -0.860. The third-order valence-electron chi connectivity index (χ3n) is 0.967. The molecule has 0 aliphatic carbocycles. The van der Waals surface area contributed by atoms with Crippen LogP contribution in [0.25, 0.3) is 0 Å². The van der Waals surface area contributed by atoms with E-state index in [0.717, 1.165) is 13.1 Å². The van der Waals surface area contributed by atoms with Gasteiger partial charge in [0.05, 0.1) is 6.54 Å². The van der Waals surface area contributed by atoms with Crippen molar-refractivity contribution in [2.24, 2.45) is 10.3 Å². The topological polar surface area (TPSA) is 28.0 Å². The van der Waals surface area contributed by atoms with Gasteiger partial charge in [-0.05, 0) is 13.0 Å². The number of hydrogen-bond acceptors (Lipinski definition) is 3. The largest absolute Gasteiger partial charge is 0.255 e. The normalized spacial score (nSPS) is 17.4. The van der Waals surface area contributed by atoms with E-state index in [0.29, 0.717) is 0 Å². The average Bonchev–Trinajstić information content (AvgIpc) is 1.90. The first-order valence-electron chi connectivity index (χ1n) is 2.74. The van der Waals surface area contributed by atoms with E-state index < -0.39 is 0 Å². The van der Waals surface area contributed by atoms with Crippen molar-refractivity contribution in [3.8, 4) is 0 Å². The molecule has 1 rings (SSSR count). The molecule has 1 heterocycles. The second-order valence-electron chi connectivity index (χ2n) is 1.55. The van der Waals surface area contributed by atoms with E-state index in [4.69, 9.17) is 0 Å². The molecule has 0 aromatic carbocycles. The maximum atomic E-state index is 3.82. The Morgan fingerprint density at radius 1 is 1.75 bits per heavy atom. The van der Waals surface area contributed by atoms with Gasteiger partial charge in [-0.1, -0.05) is 5.22 Å². The summed E-state index contributed by atoms with van der Waals surface area (Å²) in [7, 11) is 0. The van der Waals surface area contributed by atoms with E-state index in [1.54, 1.807) is 5.01 Å². The summed E-state index contributed by atoms with van der Waals surface area (Å²) in [6.07, 6.45) is 3.92. The number of hydrogen-bond donors (Lipinski definition) is 0. The highest BCUT2D eigenvalue weighted by Crippen LogP contribution is 1.96. The first-order valence-corrected chi connectivity index (χ1v) is 2.74. The summed E-state index contributed by atoms with van der Waals surface area (Å²) < 4.78 is 0. The molecule has 3 heteroatoms. The van der Waals surface area contributed by atoms with Gasteiger partial charge in [0, 0.05) is 12.7 Å². The Bertz CT molecular complexity index is 105. The number of rotatable bonds is 1. The fourth-order valence-electron chi connectivity index (χ4n) is 0.532. The summed E-state index contributed by atoms with van der Waals surface area (Å²) in [6, 6.07) is 0. The van der Waals surface area contributed by atoms with Gasteiger partial charge in [-0.2, -0.15) is 5.11 Å². The molecule has 0 spiro atoms. The van der Waals surface area contributed by atoms with Gasteiger partial charge in [0.15, 0.2) is 0 Å². The van der Waals surface area contributed by atoms with Gasteiger partial charge >= 0.3 is 0 Å².